The van der Waals surface area contributed by atoms with E-state index in [1.807, 2.05) is 13.8 Å². The van der Waals surface area contributed by atoms with Gasteiger partial charge in [0.1, 0.15) is 5.69 Å². The van der Waals surface area contributed by atoms with Crippen LogP contribution in [0.15, 0.2) is 29.1 Å². The standard InChI is InChI=1S/C14H16N2O3S/c1-3-18-12-6-5-10(7-13(12)19-4-2)16-14(17)11-8-20-9-15-11/h5-9H,3-4H2,1-2H3,(H,16,17). The molecule has 106 valence electrons. The molecule has 0 spiro atoms. The molecule has 20 heavy (non-hydrogen) atoms. The largest absolute Gasteiger partial charge is 0.490 e. The molecule has 0 atom stereocenters. The molecule has 1 aromatic carbocycles. The number of aromatic nitrogens is 1. The second-order valence-corrected chi connectivity index (χ2v) is 4.57. The summed E-state index contributed by atoms with van der Waals surface area (Å²) in [6, 6.07) is 5.31. The van der Waals surface area contributed by atoms with Crippen LogP contribution in [0.4, 0.5) is 5.69 Å². The van der Waals surface area contributed by atoms with Crippen molar-refractivity contribution in [3.8, 4) is 11.5 Å². The molecule has 0 aliphatic carbocycles. The Morgan fingerprint density at radius 2 is 2.00 bits per heavy atom. The lowest BCUT2D eigenvalue weighted by Gasteiger charge is -2.12. The molecule has 2 rings (SSSR count). The van der Waals surface area contributed by atoms with Crippen molar-refractivity contribution in [3.05, 3.63) is 34.8 Å². The summed E-state index contributed by atoms with van der Waals surface area (Å²) in [7, 11) is 0. The van der Waals surface area contributed by atoms with Gasteiger partial charge in [-0.1, -0.05) is 0 Å². The third kappa shape index (κ3) is 3.48. The van der Waals surface area contributed by atoms with Crippen LogP contribution < -0.4 is 14.8 Å². The maximum atomic E-state index is 11.9. The number of hydrogen-bond donors (Lipinski definition) is 1. The summed E-state index contributed by atoms with van der Waals surface area (Å²) < 4.78 is 11.0. The van der Waals surface area contributed by atoms with Crippen molar-refractivity contribution in [3.63, 3.8) is 0 Å². The monoisotopic (exact) mass is 292 g/mol. The second kappa shape index (κ2) is 6.91. The number of nitrogens with zero attached hydrogens (tertiary/aromatic N) is 1. The smallest absolute Gasteiger partial charge is 0.275 e. The van der Waals surface area contributed by atoms with Crippen LogP contribution in [0.3, 0.4) is 0 Å². The molecular formula is C14H16N2O3S. The van der Waals surface area contributed by atoms with E-state index >= 15 is 0 Å². The van der Waals surface area contributed by atoms with Gasteiger partial charge in [-0.3, -0.25) is 4.79 Å². The topological polar surface area (TPSA) is 60.5 Å². The molecule has 0 aliphatic rings. The number of thiazole rings is 1. The molecule has 0 fully saturated rings. The second-order valence-electron chi connectivity index (χ2n) is 3.86. The third-order valence-corrected chi connectivity index (χ3v) is 3.05. The van der Waals surface area contributed by atoms with Gasteiger partial charge in [0.15, 0.2) is 11.5 Å². The molecule has 1 N–H and O–H groups in total. The molecule has 0 saturated heterocycles. The number of anilines is 1. The van der Waals surface area contributed by atoms with Gasteiger partial charge in [-0.05, 0) is 26.0 Å². The molecule has 6 heteroatoms. The molecule has 1 heterocycles. The van der Waals surface area contributed by atoms with Gasteiger partial charge in [0.25, 0.3) is 5.91 Å². The minimum Gasteiger partial charge on any atom is -0.490 e. The van der Waals surface area contributed by atoms with Gasteiger partial charge >= 0.3 is 0 Å². The molecule has 0 saturated carbocycles. The number of ether oxygens (including phenoxy) is 2. The summed E-state index contributed by atoms with van der Waals surface area (Å²) in [5, 5.41) is 4.48. The van der Waals surface area contributed by atoms with Crippen molar-refractivity contribution in [1.82, 2.24) is 4.98 Å². The normalized spacial score (nSPS) is 10.1. The van der Waals surface area contributed by atoms with Crippen LogP contribution in [0, 0.1) is 0 Å². The van der Waals surface area contributed by atoms with E-state index in [2.05, 4.69) is 10.3 Å². The first kappa shape index (κ1) is 14.3. The third-order valence-electron chi connectivity index (χ3n) is 2.47. The average molecular weight is 292 g/mol. The highest BCUT2D eigenvalue weighted by Crippen LogP contribution is 2.30. The van der Waals surface area contributed by atoms with E-state index < -0.39 is 0 Å². The minimum absolute atomic E-state index is 0.238. The Kier molecular flexibility index (Phi) is 4.95. The van der Waals surface area contributed by atoms with Crippen molar-refractivity contribution in [1.29, 1.82) is 0 Å². The Morgan fingerprint density at radius 3 is 2.65 bits per heavy atom. The quantitative estimate of drug-likeness (QED) is 0.888. The summed E-state index contributed by atoms with van der Waals surface area (Å²) in [5.74, 6) is 1.05. The number of amides is 1. The van der Waals surface area contributed by atoms with Gasteiger partial charge in [0.05, 0.1) is 18.7 Å². The van der Waals surface area contributed by atoms with Gasteiger partial charge in [0.2, 0.25) is 0 Å². The predicted molar refractivity (Wildman–Crippen MR) is 78.8 cm³/mol. The van der Waals surface area contributed by atoms with Crippen LogP contribution in [-0.4, -0.2) is 24.1 Å². The summed E-state index contributed by atoms with van der Waals surface area (Å²) in [6.07, 6.45) is 0. The molecule has 0 radical (unpaired) electrons. The average Bonchev–Trinajstić information content (AvgIpc) is 2.96. The van der Waals surface area contributed by atoms with E-state index in [0.29, 0.717) is 36.1 Å². The maximum Gasteiger partial charge on any atom is 0.275 e. The predicted octanol–water partition coefficient (Wildman–Crippen LogP) is 3.19. The Balaban J connectivity index is 2.16. The van der Waals surface area contributed by atoms with Gasteiger partial charge in [-0.25, -0.2) is 4.98 Å². The summed E-state index contributed by atoms with van der Waals surface area (Å²) >= 11 is 1.38. The highest BCUT2D eigenvalue weighted by molar-refractivity contribution is 7.07. The van der Waals surface area contributed by atoms with Crippen molar-refractivity contribution in [2.45, 2.75) is 13.8 Å². The molecule has 0 bridgehead atoms. The van der Waals surface area contributed by atoms with Crippen LogP contribution in [0.1, 0.15) is 24.3 Å². The fourth-order valence-electron chi connectivity index (χ4n) is 1.65. The van der Waals surface area contributed by atoms with Crippen molar-refractivity contribution in [2.24, 2.45) is 0 Å². The van der Waals surface area contributed by atoms with Gasteiger partial charge in [-0.15, -0.1) is 11.3 Å². The zero-order valence-corrected chi connectivity index (χ0v) is 12.2. The van der Waals surface area contributed by atoms with Gasteiger partial charge in [-0.2, -0.15) is 0 Å². The number of benzene rings is 1. The minimum atomic E-state index is -0.238. The Morgan fingerprint density at radius 1 is 1.25 bits per heavy atom. The summed E-state index contributed by atoms with van der Waals surface area (Å²) in [6.45, 7) is 4.90. The molecule has 2 aromatic rings. The Hall–Kier alpha value is -2.08. The van der Waals surface area contributed by atoms with Crippen molar-refractivity contribution in [2.75, 3.05) is 18.5 Å². The van der Waals surface area contributed by atoms with E-state index in [1.54, 1.807) is 29.1 Å². The van der Waals surface area contributed by atoms with E-state index in [4.69, 9.17) is 9.47 Å². The first-order valence-electron chi connectivity index (χ1n) is 6.33. The summed E-state index contributed by atoms with van der Waals surface area (Å²) in [4.78, 5) is 15.9. The lowest BCUT2D eigenvalue weighted by Crippen LogP contribution is -2.12. The zero-order valence-electron chi connectivity index (χ0n) is 11.4. The lowest BCUT2D eigenvalue weighted by molar-refractivity contribution is 0.102. The van der Waals surface area contributed by atoms with Crippen LogP contribution in [0.25, 0.3) is 0 Å². The SMILES string of the molecule is CCOc1ccc(NC(=O)c2cscn2)cc1OCC. The van der Waals surface area contributed by atoms with Crippen LogP contribution in [0.2, 0.25) is 0 Å². The number of rotatable bonds is 6. The summed E-state index contributed by atoms with van der Waals surface area (Å²) in [5.41, 5.74) is 2.68. The highest BCUT2D eigenvalue weighted by Gasteiger charge is 2.11. The fraction of sp³-hybridized carbons (Fsp3) is 0.286. The molecule has 0 aliphatic heterocycles. The number of nitrogens with one attached hydrogen (secondary N) is 1. The van der Waals surface area contributed by atoms with E-state index in [1.165, 1.54) is 11.3 Å². The van der Waals surface area contributed by atoms with Crippen LogP contribution in [0.5, 0.6) is 11.5 Å². The first-order chi connectivity index (χ1) is 9.74. The molecule has 1 aromatic heterocycles. The van der Waals surface area contributed by atoms with E-state index in [-0.39, 0.29) is 5.91 Å². The van der Waals surface area contributed by atoms with Crippen molar-refractivity contribution >= 4 is 22.9 Å². The van der Waals surface area contributed by atoms with Crippen molar-refractivity contribution < 1.29 is 14.3 Å². The Labute approximate surface area is 121 Å². The number of carbonyl (C=O) groups excluding carboxylic acids is 1. The van der Waals surface area contributed by atoms with Crippen LogP contribution in [-0.2, 0) is 0 Å². The molecule has 0 unspecified atom stereocenters. The van der Waals surface area contributed by atoms with Crippen LogP contribution >= 0.6 is 11.3 Å². The van der Waals surface area contributed by atoms with Gasteiger partial charge < -0.3 is 14.8 Å². The fourth-order valence-corrected chi connectivity index (χ4v) is 2.18. The molecular weight excluding hydrogens is 276 g/mol. The highest BCUT2D eigenvalue weighted by atomic mass is 32.1. The maximum absolute atomic E-state index is 11.9. The number of carbonyl (C=O) groups is 1. The molecule has 5 nitrogen and oxygen atoms in total. The molecule has 1 amide bonds. The van der Waals surface area contributed by atoms with E-state index in [0.717, 1.165) is 0 Å². The number of hydrogen-bond acceptors (Lipinski definition) is 5. The zero-order chi connectivity index (χ0) is 14.4. The van der Waals surface area contributed by atoms with E-state index in [9.17, 15) is 4.79 Å². The Bertz CT molecular complexity index is 570. The lowest BCUT2D eigenvalue weighted by atomic mass is 10.2. The van der Waals surface area contributed by atoms with Gasteiger partial charge in [0, 0.05) is 17.1 Å². The first-order valence-corrected chi connectivity index (χ1v) is 7.28.